The number of aromatic nitrogens is 3. The van der Waals surface area contributed by atoms with Crippen LogP contribution in [0, 0.1) is 0 Å². The van der Waals surface area contributed by atoms with Crippen LogP contribution >= 0.6 is 0 Å². The summed E-state index contributed by atoms with van der Waals surface area (Å²) >= 11 is 0. The minimum Gasteiger partial charge on any atom is -0.326 e. The van der Waals surface area contributed by atoms with Crippen LogP contribution in [0.1, 0.15) is 5.56 Å². The zero-order valence-electron chi connectivity index (χ0n) is 8.40. The molecule has 0 fully saturated rings. The zero-order chi connectivity index (χ0) is 10.8. The summed E-state index contributed by atoms with van der Waals surface area (Å²) in [5.74, 6) is 0. The second-order valence-corrected chi connectivity index (χ2v) is 3.25. The van der Waals surface area contributed by atoms with Gasteiger partial charge in [0.15, 0.2) is 0 Å². The average molecular weight is 204 g/mol. The molecule has 78 valence electrons. The van der Waals surface area contributed by atoms with E-state index in [0.29, 0.717) is 11.3 Å². The molecule has 5 nitrogen and oxygen atoms in total. The first kappa shape index (κ1) is 9.67. The van der Waals surface area contributed by atoms with Crippen LogP contribution in [0.4, 0.5) is 0 Å². The average Bonchev–Trinajstić information content (AvgIpc) is 2.56. The molecule has 0 spiro atoms. The molecule has 0 radical (unpaired) electrons. The summed E-state index contributed by atoms with van der Waals surface area (Å²) in [5.41, 5.74) is 7.44. The molecule has 0 aliphatic carbocycles. The molecule has 0 saturated heterocycles. The van der Waals surface area contributed by atoms with Crippen molar-refractivity contribution in [1.82, 2.24) is 14.8 Å². The first-order valence-electron chi connectivity index (χ1n) is 4.63. The van der Waals surface area contributed by atoms with Gasteiger partial charge in [-0.25, -0.2) is 0 Å². The monoisotopic (exact) mass is 204 g/mol. The van der Waals surface area contributed by atoms with Gasteiger partial charge in [-0.05, 0) is 12.1 Å². The van der Waals surface area contributed by atoms with Crippen LogP contribution in [-0.2, 0) is 13.6 Å². The van der Waals surface area contributed by atoms with Crippen molar-refractivity contribution in [3.8, 4) is 11.4 Å². The predicted octanol–water partition coefficient (Wildman–Crippen LogP) is 0.234. The molecule has 0 bridgehead atoms. The standard InChI is InChI=1S/C10H12N4O/c1-14-10(15)7(6-11)9(13-14)8-4-2-3-5-12-8/h2-5,13H,6,11H2,1H3. The third-order valence-corrected chi connectivity index (χ3v) is 2.27. The van der Waals surface area contributed by atoms with E-state index in [1.807, 2.05) is 18.2 Å². The molecule has 15 heavy (non-hydrogen) atoms. The number of aromatic amines is 1. The van der Waals surface area contributed by atoms with Crippen LogP contribution in [0.3, 0.4) is 0 Å². The lowest BCUT2D eigenvalue weighted by atomic mass is 10.2. The van der Waals surface area contributed by atoms with E-state index in [4.69, 9.17) is 5.73 Å². The lowest BCUT2D eigenvalue weighted by molar-refractivity contribution is 0.739. The van der Waals surface area contributed by atoms with Crippen LogP contribution in [-0.4, -0.2) is 14.8 Å². The maximum atomic E-state index is 11.6. The van der Waals surface area contributed by atoms with Crippen molar-refractivity contribution in [2.45, 2.75) is 6.54 Å². The maximum absolute atomic E-state index is 11.6. The smallest absolute Gasteiger partial charge is 0.271 e. The molecule has 0 aromatic carbocycles. The molecule has 3 N–H and O–H groups in total. The Morgan fingerprint density at radius 2 is 2.33 bits per heavy atom. The molecule has 0 atom stereocenters. The van der Waals surface area contributed by atoms with Gasteiger partial charge in [0.05, 0.1) is 17.0 Å². The van der Waals surface area contributed by atoms with E-state index in [1.54, 1.807) is 13.2 Å². The van der Waals surface area contributed by atoms with Gasteiger partial charge in [0.25, 0.3) is 5.56 Å². The third kappa shape index (κ3) is 1.57. The summed E-state index contributed by atoms with van der Waals surface area (Å²) in [6.07, 6.45) is 1.68. The van der Waals surface area contributed by atoms with E-state index < -0.39 is 0 Å². The van der Waals surface area contributed by atoms with E-state index in [1.165, 1.54) is 4.68 Å². The molecule has 2 aromatic heterocycles. The maximum Gasteiger partial charge on any atom is 0.271 e. The van der Waals surface area contributed by atoms with Gasteiger partial charge in [-0.15, -0.1) is 0 Å². The first-order chi connectivity index (χ1) is 7.24. The highest BCUT2D eigenvalue weighted by Crippen LogP contribution is 2.15. The van der Waals surface area contributed by atoms with Gasteiger partial charge in [-0.3, -0.25) is 19.6 Å². The van der Waals surface area contributed by atoms with Gasteiger partial charge in [-0.2, -0.15) is 0 Å². The zero-order valence-corrected chi connectivity index (χ0v) is 8.40. The van der Waals surface area contributed by atoms with Gasteiger partial charge < -0.3 is 5.73 Å². The van der Waals surface area contributed by atoms with E-state index in [2.05, 4.69) is 10.1 Å². The Kier molecular flexibility index (Phi) is 2.39. The van der Waals surface area contributed by atoms with Gasteiger partial charge in [0.1, 0.15) is 0 Å². The van der Waals surface area contributed by atoms with Gasteiger partial charge in [0, 0.05) is 19.8 Å². The predicted molar refractivity (Wildman–Crippen MR) is 57.2 cm³/mol. The van der Waals surface area contributed by atoms with Crippen molar-refractivity contribution < 1.29 is 0 Å². The number of nitrogens with zero attached hydrogens (tertiary/aromatic N) is 2. The summed E-state index contributed by atoms with van der Waals surface area (Å²) in [6, 6.07) is 5.53. The normalized spacial score (nSPS) is 10.5. The number of rotatable bonds is 2. The van der Waals surface area contributed by atoms with Crippen molar-refractivity contribution in [2.24, 2.45) is 12.8 Å². The lowest BCUT2D eigenvalue weighted by Crippen LogP contribution is -2.17. The summed E-state index contributed by atoms with van der Waals surface area (Å²) < 4.78 is 1.41. The molecule has 0 unspecified atom stereocenters. The van der Waals surface area contributed by atoms with Gasteiger partial charge in [0.2, 0.25) is 0 Å². The molecule has 0 aliphatic heterocycles. The SMILES string of the molecule is Cn1[nH]c(-c2ccccn2)c(CN)c1=O. The number of hydrogen-bond acceptors (Lipinski definition) is 3. The summed E-state index contributed by atoms with van der Waals surface area (Å²) in [4.78, 5) is 15.8. The number of pyridine rings is 1. The van der Waals surface area contributed by atoms with E-state index in [0.717, 1.165) is 5.69 Å². The minimum absolute atomic E-state index is 0.0989. The van der Waals surface area contributed by atoms with Crippen LogP contribution in [0.5, 0.6) is 0 Å². The Balaban J connectivity index is 2.64. The van der Waals surface area contributed by atoms with Crippen LogP contribution in [0.2, 0.25) is 0 Å². The molecule has 2 rings (SSSR count). The Morgan fingerprint density at radius 3 is 2.93 bits per heavy atom. The topological polar surface area (TPSA) is 76.7 Å². The van der Waals surface area contributed by atoms with E-state index in [-0.39, 0.29) is 12.1 Å². The molecule has 2 aromatic rings. The second-order valence-electron chi connectivity index (χ2n) is 3.25. The molecule has 2 heterocycles. The highest BCUT2D eigenvalue weighted by Gasteiger charge is 2.12. The quantitative estimate of drug-likeness (QED) is 0.735. The third-order valence-electron chi connectivity index (χ3n) is 2.27. The number of H-pyrrole nitrogens is 1. The number of nitrogens with two attached hydrogens (primary N) is 1. The lowest BCUT2D eigenvalue weighted by Gasteiger charge is -1.98. The van der Waals surface area contributed by atoms with Crippen molar-refractivity contribution in [2.75, 3.05) is 0 Å². The largest absolute Gasteiger partial charge is 0.326 e. The molecule has 5 heteroatoms. The highest BCUT2D eigenvalue weighted by atomic mass is 16.1. The first-order valence-corrected chi connectivity index (χ1v) is 4.63. The number of nitrogens with one attached hydrogen (secondary N) is 1. The van der Waals surface area contributed by atoms with Gasteiger partial charge >= 0.3 is 0 Å². The number of hydrogen-bond donors (Lipinski definition) is 2. The fraction of sp³-hybridized carbons (Fsp3) is 0.200. The molecular formula is C10H12N4O. The Bertz CT molecular complexity index is 512. The minimum atomic E-state index is -0.0989. The Labute approximate surface area is 86.5 Å². The van der Waals surface area contributed by atoms with E-state index in [9.17, 15) is 4.79 Å². The summed E-state index contributed by atoms with van der Waals surface area (Å²) in [7, 11) is 1.66. The van der Waals surface area contributed by atoms with Crippen molar-refractivity contribution >= 4 is 0 Å². The van der Waals surface area contributed by atoms with Crippen molar-refractivity contribution in [3.05, 3.63) is 40.3 Å². The fourth-order valence-electron chi connectivity index (χ4n) is 1.51. The molecular weight excluding hydrogens is 192 g/mol. The molecule has 0 amide bonds. The molecule has 0 saturated carbocycles. The summed E-state index contributed by atoms with van der Waals surface area (Å²) in [6.45, 7) is 0.210. The van der Waals surface area contributed by atoms with Crippen LogP contribution in [0.25, 0.3) is 11.4 Å². The van der Waals surface area contributed by atoms with Crippen molar-refractivity contribution in [3.63, 3.8) is 0 Å². The number of aryl methyl sites for hydroxylation is 1. The second kappa shape index (κ2) is 3.70. The van der Waals surface area contributed by atoms with Crippen LogP contribution in [0.15, 0.2) is 29.2 Å². The Morgan fingerprint density at radius 1 is 1.53 bits per heavy atom. The Hall–Kier alpha value is -1.88. The van der Waals surface area contributed by atoms with Gasteiger partial charge in [-0.1, -0.05) is 6.07 Å². The highest BCUT2D eigenvalue weighted by molar-refractivity contribution is 5.57. The van der Waals surface area contributed by atoms with Crippen LogP contribution < -0.4 is 11.3 Å². The van der Waals surface area contributed by atoms with E-state index >= 15 is 0 Å². The molecule has 0 aliphatic rings. The summed E-state index contributed by atoms with van der Waals surface area (Å²) in [5, 5.41) is 2.94. The fourth-order valence-corrected chi connectivity index (χ4v) is 1.51. The van der Waals surface area contributed by atoms with Crippen molar-refractivity contribution in [1.29, 1.82) is 0 Å².